The summed E-state index contributed by atoms with van der Waals surface area (Å²) in [7, 11) is 0. The molecule has 1 aliphatic heterocycles. The van der Waals surface area contributed by atoms with Crippen molar-refractivity contribution < 1.29 is 14.6 Å². The van der Waals surface area contributed by atoms with Crippen molar-refractivity contribution in [1.82, 2.24) is 4.90 Å². The SMILES string of the molecule is CCOC1CC(N2CCC(C(=O)O)C2)C1. The van der Waals surface area contributed by atoms with Gasteiger partial charge in [0.2, 0.25) is 0 Å². The zero-order valence-electron chi connectivity index (χ0n) is 9.19. The zero-order chi connectivity index (χ0) is 10.8. The van der Waals surface area contributed by atoms with Crippen LogP contribution in [0.25, 0.3) is 0 Å². The highest BCUT2D eigenvalue weighted by Gasteiger charge is 2.38. The second-order valence-electron chi connectivity index (χ2n) is 4.52. The molecule has 86 valence electrons. The molecule has 0 aromatic carbocycles. The van der Waals surface area contributed by atoms with Gasteiger partial charge in [-0.2, -0.15) is 0 Å². The van der Waals surface area contributed by atoms with Gasteiger partial charge in [0.15, 0.2) is 0 Å². The molecule has 1 aliphatic carbocycles. The smallest absolute Gasteiger partial charge is 0.307 e. The third kappa shape index (κ3) is 2.32. The molecule has 1 N–H and O–H groups in total. The molecular formula is C11H19NO3. The second kappa shape index (κ2) is 4.49. The Morgan fingerprint density at radius 3 is 2.80 bits per heavy atom. The van der Waals surface area contributed by atoms with Crippen molar-refractivity contribution in [2.45, 2.75) is 38.3 Å². The Morgan fingerprint density at radius 1 is 1.53 bits per heavy atom. The molecule has 2 aliphatic rings. The molecule has 2 fully saturated rings. The van der Waals surface area contributed by atoms with Gasteiger partial charge in [0.1, 0.15) is 0 Å². The van der Waals surface area contributed by atoms with E-state index >= 15 is 0 Å². The monoisotopic (exact) mass is 213 g/mol. The summed E-state index contributed by atoms with van der Waals surface area (Å²) in [5.74, 6) is -0.783. The number of nitrogens with zero attached hydrogens (tertiary/aromatic N) is 1. The Morgan fingerprint density at radius 2 is 2.27 bits per heavy atom. The summed E-state index contributed by atoms with van der Waals surface area (Å²) < 4.78 is 5.50. The minimum atomic E-state index is -0.641. The number of hydrogen-bond acceptors (Lipinski definition) is 3. The van der Waals surface area contributed by atoms with Crippen LogP contribution in [0.3, 0.4) is 0 Å². The molecule has 0 aromatic rings. The van der Waals surface area contributed by atoms with Crippen molar-refractivity contribution >= 4 is 5.97 Å². The molecule has 0 bridgehead atoms. The van der Waals surface area contributed by atoms with E-state index in [1.165, 1.54) is 0 Å². The van der Waals surface area contributed by atoms with Crippen LogP contribution < -0.4 is 0 Å². The first-order valence-corrected chi connectivity index (χ1v) is 5.79. The van der Waals surface area contributed by atoms with Gasteiger partial charge in [-0.1, -0.05) is 0 Å². The van der Waals surface area contributed by atoms with Crippen LogP contribution in [0.15, 0.2) is 0 Å². The third-order valence-corrected chi connectivity index (χ3v) is 3.56. The topological polar surface area (TPSA) is 49.8 Å². The van der Waals surface area contributed by atoms with Gasteiger partial charge < -0.3 is 9.84 Å². The number of carbonyl (C=O) groups is 1. The lowest BCUT2D eigenvalue weighted by atomic mass is 9.88. The van der Waals surface area contributed by atoms with Crippen LogP contribution >= 0.6 is 0 Å². The first kappa shape index (κ1) is 10.9. The van der Waals surface area contributed by atoms with Crippen LogP contribution in [-0.4, -0.2) is 47.8 Å². The van der Waals surface area contributed by atoms with Crippen molar-refractivity contribution in [2.24, 2.45) is 5.92 Å². The van der Waals surface area contributed by atoms with Crippen molar-refractivity contribution in [3.8, 4) is 0 Å². The summed E-state index contributed by atoms with van der Waals surface area (Å²) in [6.07, 6.45) is 3.40. The fourth-order valence-electron chi connectivity index (χ4n) is 2.53. The predicted octanol–water partition coefficient (Wildman–Crippen LogP) is 0.960. The molecule has 1 saturated heterocycles. The predicted molar refractivity (Wildman–Crippen MR) is 55.8 cm³/mol. The highest BCUT2D eigenvalue weighted by Crippen LogP contribution is 2.32. The van der Waals surface area contributed by atoms with E-state index in [1.54, 1.807) is 0 Å². The Balaban J connectivity index is 1.72. The zero-order valence-corrected chi connectivity index (χ0v) is 9.19. The van der Waals surface area contributed by atoms with Crippen molar-refractivity contribution in [1.29, 1.82) is 0 Å². The van der Waals surface area contributed by atoms with Crippen LogP contribution in [-0.2, 0) is 9.53 Å². The van der Waals surface area contributed by atoms with Gasteiger partial charge in [0.25, 0.3) is 0 Å². The minimum Gasteiger partial charge on any atom is -0.481 e. The first-order valence-electron chi connectivity index (χ1n) is 5.79. The van der Waals surface area contributed by atoms with Gasteiger partial charge in [0, 0.05) is 19.2 Å². The van der Waals surface area contributed by atoms with E-state index < -0.39 is 5.97 Å². The Kier molecular flexibility index (Phi) is 3.26. The molecule has 4 nitrogen and oxygen atoms in total. The number of ether oxygens (including phenoxy) is 1. The largest absolute Gasteiger partial charge is 0.481 e. The Hall–Kier alpha value is -0.610. The maximum Gasteiger partial charge on any atom is 0.307 e. The van der Waals surface area contributed by atoms with Gasteiger partial charge in [-0.25, -0.2) is 0 Å². The molecule has 0 amide bonds. The van der Waals surface area contributed by atoms with E-state index in [4.69, 9.17) is 9.84 Å². The molecule has 1 saturated carbocycles. The van der Waals surface area contributed by atoms with E-state index in [1.807, 2.05) is 6.92 Å². The maximum absolute atomic E-state index is 10.8. The van der Waals surface area contributed by atoms with Crippen molar-refractivity contribution in [2.75, 3.05) is 19.7 Å². The van der Waals surface area contributed by atoms with Crippen LogP contribution in [0.2, 0.25) is 0 Å². The van der Waals surface area contributed by atoms with Gasteiger partial charge in [-0.15, -0.1) is 0 Å². The quantitative estimate of drug-likeness (QED) is 0.755. The standard InChI is InChI=1S/C11H19NO3/c1-2-15-10-5-9(6-10)12-4-3-8(7-12)11(13)14/h8-10H,2-7H2,1H3,(H,13,14). The number of likely N-dealkylation sites (tertiary alicyclic amines) is 1. The van der Waals surface area contributed by atoms with Crippen LogP contribution in [0.1, 0.15) is 26.2 Å². The van der Waals surface area contributed by atoms with Gasteiger partial charge in [-0.05, 0) is 32.7 Å². The molecule has 1 unspecified atom stereocenters. The molecule has 1 atom stereocenters. The lowest BCUT2D eigenvalue weighted by Crippen LogP contribution is -2.47. The first-order chi connectivity index (χ1) is 7.20. The second-order valence-corrected chi connectivity index (χ2v) is 4.52. The molecule has 0 radical (unpaired) electrons. The highest BCUT2D eigenvalue weighted by molar-refractivity contribution is 5.70. The number of aliphatic carboxylic acids is 1. The van der Waals surface area contributed by atoms with Gasteiger partial charge >= 0.3 is 5.97 Å². The van der Waals surface area contributed by atoms with Gasteiger partial charge in [0.05, 0.1) is 12.0 Å². The number of carboxylic acids is 1. The van der Waals surface area contributed by atoms with Gasteiger partial charge in [-0.3, -0.25) is 9.69 Å². The van der Waals surface area contributed by atoms with Crippen molar-refractivity contribution in [3.63, 3.8) is 0 Å². The molecule has 4 heteroatoms. The minimum absolute atomic E-state index is 0.142. The maximum atomic E-state index is 10.8. The normalized spacial score (nSPS) is 36.5. The summed E-state index contributed by atoms with van der Waals surface area (Å²) >= 11 is 0. The summed E-state index contributed by atoms with van der Waals surface area (Å²) in [6, 6.07) is 0.575. The van der Waals surface area contributed by atoms with E-state index in [0.717, 1.165) is 39.0 Å². The summed E-state index contributed by atoms with van der Waals surface area (Å²) in [6.45, 7) is 4.48. The Bertz CT molecular complexity index is 238. The fraction of sp³-hybridized carbons (Fsp3) is 0.909. The average Bonchev–Trinajstić information content (AvgIpc) is 2.59. The molecule has 2 rings (SSSR count). The molecule has 1 heterocycles. The summed E-state index contributed by atoms with van der Waals surface area (Å²) in [5, 5.41) is 8.89. The van der Waals surface area contributed by atoms with Crippen LogP contribution in [0.5, 0.6) is 0 Å². The average molecular weight is 213 g/mol. The summed E-state index contributed by atoms with van der Waals surface area (Å²) in [5.41, 5.74) is 0. The summed E-state index contributed by atoms with van der Waals surface area (Å²) in [4.78, 5) is 13.1. The number of carboxylic acid groups (broad SMARTS) is 1. The number of rotatable bonds is 4. The van der Waals surface area contributed by atoms with E-state index in [0.29, 0.717) is 12.1 Å². The lowest BCUT2D eigenvalue weighted by Gasteiger charge is -2.40. The molecular weight excluding hydrogens is 194 g/mol. The molecule has 0 spiro atoms. The van der Waals surface area contributed by atoms with Crippen molar-refractivity contribution in [3.05, 3.63) is 0 Å². The van der Waals surface area contributed by atoms with E-state index in [9.17, 15) is 4.79 Å². The van der Waals surface area contributed by atoms with E-state index in [2.05, 4.69) is 4.90 Å². The molecule has 15 heavy (non-hydrogen) atoms. The lowest BCUT2D eigenvalue weighted by molar-refractivity contribution is -0.141. The highest BCUT2D eigenvalue weighted by atomic mass is 16.5. The van der Waals surface area contributed by atoms with E-state index in [-0.39, 0.29) is 5.92 Å². The third-order valence-electron chi connectivity index (χ3n) is 3.56. The fourth-order valence-corrected chi connectivity index (χ4v) is 2.53. The molecule has 0 aromatic heterocycles. The van der Waals surface area contributed by atoms with Crippen LogP contribution in [0.4, 0.5) is 0 Å². The van der Waals surface area contributed by atoms with Crippen LogP contribution in [0, 0.1) is 5.92 Å². The Labute approximate surface area is 90.2 Å². The number of hydrogen-bond donors (Lipinski definition) is 1.